The molecule has 1 atom stereocenters. The van der Waals surface area contributed by atoms with Crippen LogP contribution in [0.1, 0.15) is 47.0 Å². The third-order valence-electron chi connectivity index (χ3n) is 2.25. The Morgan fingerprint density at radius 2 is 2.00 bits per heavy atom. The molecule has 0 aromatic rings. The molecule has 78 valence electrons. The zero-order valence-electron chi connectivity index (χ0n) is 9.05. The molecule has 0 aromatic carbocycles. The Hall–Kier alpha value is -0.570. The van der Waals surface area contributed by atoms with Crippen LogP contribution in [0.15, 0.2) is 0 Å². The van der Waals surface area contributed by atoms with Gasteiger partial charge in [-0.25, -0.2) is 0 Å². The van der Waals surface area contributed by atoms with Crippen molar-refractivity contribution in [2.24, 2.45) is 0 Å². The van der Waals surface area contributed by atoms with E-state index in [1.54, 1.807) is 0 Å². The summed E-state index contributed by atoms with van der Waals surface area (Å²) < 4.78 is 0. The van der Waals surface area contributed by atoms with E-state index in [-0.39, 0.29) is 6.04 Å². The molecule has 0 rings (SSSR count). The lowest BCUT2D eigenvalue weighted by atomic mass is 9.90. The molecule has 0 fully saturated rings. The third-order valence-corrected chi connectivity index (χ3v) is 2.25. The molecule has 0 aliphatic rings. The van der Waals surface area contributed by atoms with Crippen molar-refractivity contribution in [2.75, 3.05) is 0 Å². The first-order chi connectivity index (χ1) is 5.98. The van der Waals surface area contributed by atoms with Crippen LogP contribution in [0, 0.1) is 0 Å². The zero-order valence-corrected chi connectivity index (χ0v) is 9.05. The molecule has 13 heavy (non-hydrogen) atoms. The molecule has 3 heteroatoms. The Bertz CT molecular complexity index is 168. The van der Waals surface area contributed by atoms with E-state index in [9.17, 15) is 4.79 Å². The first kappa shape index (κ1) is 12.4. The highest BCUT2D eigenvalue weighted by Crippen LogP contribution is 2.18. The summed E-state index contributed by atoms with van der Waals surface area (Å²) in [6, 6.07) is 0.211. The number of carboxylic acids is 1. The fourth-order valence-electron chi connectivity index (χ4n) is 1.65. The van der Waals surface area contributed by atoms with Gasteiger partial charge in [0.15, 0.2) is 0 Å². The van der Waals surface area contributed by atoms with Crippen molar-refractivity contribution in [3.8, 4) is 0 Å². The van der Waals surface area contributed by atoms with Gasteiger partial charge in [-0.1, -0.05) is 20.3 Å². The van der Waals surface area contributed by atoms with Crippen LogP contribution < -0.4 is 5.32 Å². The van der Waals surface area contributed by atoms with Crippen LogP contribution in [0.2, 0.25) is 0 Å². The lowest BCUT2D eigenvalue weighted by molar-refractivity contribution is -0.145. The van der Waals surface area contributed by atoms with E-state index in [1.165, 1.54) is 0 Å². The van der Waals surface area contributed by atoms with E-state index < -0.39 is 11.5 Å². The molecule has 0 aliphatic carbocycles. The molecule has 0 spiro atoms. The third kappa shape index (κ3) is 3.35. The minimum Gasteiger partial charge on any atom is -0.480 e. The quantitative estimate of drug-likeness (QED) is 0.668. The number of rotatable bonds is 6. The average Bonchev–Trinajstić information content (AvgIpc) is 2.02. The Balaban J connectivity index is 4.54. The largest absolute Gasteiger partial charge is 0.480 e. The van der Waals surface area contributed by atoms with Gasteiger partial charge in [0.05, 0.1) is 0 Å². The number of hydrogen-bond acceptors (Lipinski definition) is 2. The number of hydrogen-bond donors (Lipinski definition) is 2. The van der Waals surface area contributed by atoms with Crippen molar-refractivity contribution in [3.63, 3.8) is 0 Å². The Morgan fingerprint density at radius 3 is 2.23 bits per heavy atom. The SMILES string of the molecule is CCCC(CC)(NC(C)C)C(=O)O. The molecule has 0 saturated heterocycles. The van der Waals surface area contributed by atoms with Gasteiger partial charge >= 0.3 is 5.97 Å². The summed E-state index contributed by atoms with van der Waals surface area (Å²) in [4.78, 5) is 11.1. The van der Waals surface area contributed by atoms with E-state index in [1.807, 2.05) is 27.7 Å². The topological polar surface area (TPSA) is 49.3 Å². The normalized spacial score (nSPS) is 15.8. The molecule has 0 radical (unpaired) electrons. The number of carboxylic acid groups (broad SMARTS) is 1. The summed E-state index contributed by atoms with van der Waals surface area (Å²) in [5.74, 6) is -0.731. The standard InChI is InChI=1S/C10H21NO2/c1-5-7-10(6-2,9(12)13)11-8(3)4/h8,11H,5-7H2,1-4H3,(H,12,13). The van der Waals surface area contributed by atoms with Crippen molar-refractivity contribution in [2.45, 2.75) is 58.5 Å². The molecule has 3 nitrogen and oxygen atoms in total. The zero-order chi connectivity index (χ0) is 10.5. The summed E-state index contributed by atoms with van der Waals surface area (Å²) in [6.45, 7) is 7.88. The Labute approximate surface area is 80.5 Å². The first-order valence-electron chi connectivity index (χ1n) is 4.99. The molecule has 0 aromatic heterocycles. The second-order valence-electron chi connectivity index (χ2n) is 3.79. The van der Waals surface area contributed by atoms with E-state index in [0.29, 0.717) is 12.8 Å². The minimum atomic E-state index is -0.731. The van der Waals surface area contributed by atoms with Gasteiger partial charge < -0.3 is 5.11 Å². The fraction of sp³-hybridized carbons (Fsp3) is 0.900. The molecule has 2 N–H and O–H groups in total. The van der Waals surface area contributed by atoms with E-state index in [2.05, 4.69) is 5.32 Å². The second-order valence-corrected chi connectivity index (χ2v) is 3.79. The van der Waals surface area contributed by atoms with Crippen LogP contribution in [-0.4, -0.2) is 22.7 Å². The lowest BCUT2D eigenvalue weighted by Crippen LogP contribution is -2.54. The highest BCUT2D eigenvalue weighted by Gasteiger charge is 2.35. The fourth-order valence-corrected chi connectivity index (χ4v) is 1.65. The van der Waals surface area contributed by atoms with Gasteiger partial charge in [-0.05, 0) is 26.7 Å². The van der Waals surface area contributed by atoms with Crippen molar-refractivity contribution in [3.05, 3.63) is 0 Å². The van der Waals surface area contributed by atoms with Crippen LogP contribution in [0.3, 0.4) is 0 Å². The summed E-state index contributed by atoms with van der Waals surface area (Å²) in [7, 11) is 0. The van der Waals surface area contributed by atoms with Crippen molar-refractivity contribution < 1.29 is 9.90 Å². The lowest BCUT2D eigenvalue weighted by Gasteiger charge is -2.31. The highest BCUT2D eigenvalue weighted by atomic mass is 16.4. The predicted octanol–water partition coefficient (Wildman–Crippen LogP) is 2.02. The predicted molar refractivity (Wildman–Crippen MR) is 53.8 cm³/mol. The van der Waals surface area contributed by atoms with Crippen molar-refractivity contribution >= 4 is 5.97 Å². The van der Waals surface area contributed by atoms with Crippen molar-refractivity contribution in [1.82, 2.24) is 5.32 Å². The van der Waals surface area contributed by atoms with Gasteiger partial charge in [0.25, 0.3) is 0 Å². The Morgan fingerprint density at radius 1 is 1.46 bits per heavy atom. The van der Waals surface area contributed by atoms with Gasteiger partial charge in [-0.3, -0.25) is 10.1 Å². The number of carbonyl (C=O) groups is 1. The van der Waals surface area contributed by atoms with Crippen LogP contribution in [-0.2, 0) is 4.79 Å². The molecule has 0 amide bonds. The first-order valence-corrected chi connectivity index (χ1v) is 4.99. The maximum Gasteiger partial charge on any atom is 0.323 e. The minimum absolute atomic E-state index is 0.211. The summed E-state index contributed by atoms with van der Waals surface area (Å²) in [5, 5.41) is 12.3. The second kappa shape index (κ2) is 5.22. The van der Waals surface area contributed by atoms with Gasteiger partial charge in [0, 0.05) is 6.04 Å². The Kier molecular flexibility index (Phi) is 4.99. The molecule has 0 heterocycles. The van der Waals surface area contributed by atoms with Crippen LogP contribution in [0.25, 0.3) is 0 Å². The van der Waals surface area contributed by atoms with Crippen LogP contribution in [0.4, 0.5) is 0 Å². The smallest absolute Gasteiger partial charge is 0.323 e. The number of aliphatic carboxylic acids is 1. The summed E-state index contributed by atoms with van der Waals surface area (Å²) >= 11 is 0. The molecular formula is C10H21NO2. The maximum atomic E-state index is 11.1. The van der Waals surface area contributed by atoms with Gasteiger partial charge in [-0.2, -0.15) is 0 Å². The van der Waals surface area contributed by atoms with E-state index in [0.717, 1.165) is 6.42 Å². The monoisotopic (exact) mass is 187 g/mol. The van der Waals surface area contributed by atoms with E-state index in [4.69, 9.17) is 5.11 Å². The summed E-state index contributed by atoms with van der Waals surface area (Å²) in [6.07, 6.45) is 2.21. The summed E-state index contributed by atoms with van der Waals surface area (Å²) in [5.41, 5.74) is -0.719. The average molecular weight is 187 g/mol. The van der Waals surface area contributed by atoms with Crippen molar-refractivity contribution in [1.29, 1.82) is 0 Å². The molecular weight excluding hydrogens is 166 g/mol. The molecule has 1 unspecified atom stereocenters. The maximum absolute atomic E-state index is 11.1. The van der Waals surface area contributed by atoms with Gasteiger partial charge in [0.1, 0.15) is 5.54 Å². The molecule has 0 bridgehead atoms. The number of nitrogens with one attached hydrogen (secondary N) is 1. The van der Waals surface area contributed by atoms with Gasteiger partial charge in [-0.15, -0.1) is 0 Å². The van der Waals surface area contributed by atoms with Crippen LogP contribution >= 0.6 is 0 Å². The highest BCUT2D eigenvalue weighted by molar-refractivity contribution is 5.78. The molecule has 0 saturated carbocycles. The van der Waals surface area contributed by atoms with Gasteiger partial charge in [0.2, 0.25) is 0 Å². The molecule has 0 aliphatic heterocycles. The van der Waals surface area contributed by atoms with Crippen LogP contribution in [0.5, 0.6) is 0 Å². The van der Waals surface area contributed by atoms with E-state index >= 15 is 0 Å².